The van der Waals surface area contributed by atoms with Crippen molar-refractivity contribution in [2.75, 3.05) is 66.9 Å². The highest BCUT2D eigenvalue weighted by Gasteiger charge is 2.26. The van der Waals surface area contributed by atoms with Crippen molar-refractivity contribution in [2.24, 2.45) is 0 Å². The maximum Gasteiger partial charge on any atom is 0.262 e. The molecule has 0 radical (unpaired) electrons. The van der Waals surface area contributed by atoms with Crippen LogP contribution in [0.5, 0.6) is 17.2 Å². The number of nitrogens with zero attached hydrogens (tertiary/aromatic N) is 5. The summed E-state index contributed by atoms with van der Waals surface area (Å²) < 4.78 is 20.9. The van der Waals surface area contributed by atoms with Crippen LogP contribution in [0, 0.1) is 0 Å². The summed E-state index contributed by atoms with van der Waals surface area (Å²) >= 11 is 1.76. The van der Waals surface area contributed by atoms with E-state index in [1.54, 1.807) is 25.6 Å². The van der Waals surface area contributed by atoms with Crippen LogP contribution in [0.3, 0.4) is 0 Å². The summed E-state index contributed by atoms with van der Waals surface area (Å²) in [5.74, 6) is 3.20. The molecule has 10 heteroatoms. The lowest BCUT2D eigenvalue weighted by Crippen LogP contribution is -3.00. The van der Waals surface area contributed by atoms with Crippen molar-refractivity contribution in [3.8, 4) is 17.2 Å². The number of methoxy groups -OCH3 is 2. The number of aromatic nitrogens is 2. The minimum atomic E-state index is 0. The van der Waals surface area contributed by atoms with Gasteiger partial charge in [-0.2, -0.15) is 4.57 Å². The first-order valence-electron chi connectivity index (χ1n) is 14.3. The molecule has 5 rings (SSSR count). The average Bonchev–Trinajstić information content (AvgIpc) is 3.55. The molecule has 2 aromatic heterocycles. The smallest absolute Gasteiger partial charge is 0.262 e. The molecule has 1 aliphatic rings. The van der Waals surface area contributed by atoms with Crippen molar-refractivity contribution < 1.29 is 35.8 Å². The fourth-order valence-corrected chi connectivity index (χ4v) is 5.97. The molecule has 0 amide bonds. The Labute approximate surface area is 274 Å². The largest absolute Gasteiger partial charge is 1.00 e. The van der Waals surface area contributed by atoms with Crippen LogP contribution in [0.25, 0.3) is 21.9 Å². The highest BCUT2D eigenvalue weighted by Crippen LogP contribution is 2.41. The van der Waals surface area contributed by atoms with E-state index in [4.69, 9.17) is 14.2 Å². The summed E-state index contributed by atoms with van der Waals surface area (Å²) in [4.78, 5) is 10.8. The molecule has 0 fully saturated rings. The summed E-state index contributed by atoms with van der Waals surface area (Å²) in [5.41, 5.74) is 4.36. The number of hydrogen-bond acceptors (Lipinski definition) is 8. The zero-order chi connectivity index (χ0) is 30.3. The van der Waals surface area contributed by atoms with E-state index in [1.165, 1.54) is 15.2 Å². The number of fused-ring (bicyclic) bond motifs is 2. The first-order valence-corrected chi connectivity index (χ1v) is 15.1. The summed E-state index contributed by atoms with van der Waals surface area (Å²) in [6.07, 6.45) is 12.2. The van der Waals surface area contributed by atoms with E-state index in [-0.39, 0.29) is 17.0 Å². The van der Waals surface area contributed by atoms with Gasteiger partial charge in [0.15, 0.2) is 12.3 Å². The van der Waals surface area contributed by atoms with Crippen molar-refractivity contribution in [2.45, 2.75) is 6.54 Å². The number of benzene rings is 2. The predicted octanol–water partition coefficient (Wildman–Crippen LogP) is 2.57. The normalized spacial score (nSPS) is 14.0. The molecule has 0 unspecified atom stereocenters. The van der Waals surface area contributed by atoms with Gasteiger partial charge in [-0.3, -0.25) is 4.98 Å². The number of anilines is 1. The number of hydrogen-bond donors (Lipinski definition) is 0. The van der Waals surface area contributed by atoms with Gasteiger partial charge in [-0.05, 0) is 87.9 Å². The Bertz CT molecular complexity index is 1650. The maximum absolute atomic E-state index is 6.37. The van der Waals surface area contributed by atoms with E-state index >= 15 is 0 Å². The zero-order valence-electron chi connectivity index (χ0n) is 26.2. The van der Waals surface area contributed by atoms with Gasteiger partial charge < -0.3 is 45.9 Å². The predicted molar refractivity (Wildman–Crippen MR) is 176 cm³/mol. The molecular formula is C34H40BrN5O3S. The quantitative estimate of drug-likeness (QED) is 0.169. The Morgan fingerprint density at radius 2 is 1.66 bits per heavy atom. The number of allylic oxidation sites excluding steroid dienone is 4. The maximum atomic E-state index is 6.37. The van der Waals surface area contributed by atoms with E-state index < -0.39 is 0 Å². The molecule has 2 aromatic carbocycles. The van der Waals surface area contributed by atoms with Crippen LogP contribution in [-0.4, -0.2) is 76.8 Å². The van der Waals surface area contributed by atoms with Crippen molar-refractivity contribution in [1.29, 1.82) is 0 Å². The Morgan fingerprint density at radius 1 is 0.955 bits per heavy atom. The van der Waals surface area contributed by atoms with Crippen LogP contribution in [0.1, 0.15) is 10.6 Å². The Morgan fingerprint density at radius 3 is 2.36 bits per heavy atom. The van der Waals surface area contributed by atoms with Gasteiger partial charge >= 0.3 is 0 Å². The fraction of sp³-hybridized carbons (Fsp3) is 0.294. The highest BCUT2D eigenvalue weighted by atomic mass is 79.9. The second-order valence-corrected chi connectivity index (χ2v) is 11.9. The van der Waals surface area contributed by atoms with E-state index in [0.29, 0.717) is 0 Å². The minimum absolute atomic E-state index is 0. The number of pyridine rings is 1. The molecule has 0 aliphatic carbocycles. The Kier molecular flexibility index (Phi) is 11.6. The van der Waals surface area contributed by atoms with Gasteiger partial charge in [0.2, 0.25) is 11.4 Å². The number of rotatable bonds is 12. The van der Waals surface area contributed by atoms with E-state index in [0.717, 1.165) is 66.1 Å². The topological polar surface area (TPSA) is 54.2 Å². The van der Waals surface area contributed by atoms with Crippen LogP contribution in [0.2, 0.25) is 0 Å². The monoisotopic (exact) mass is 677 g/mol. The van der Waals surface area contributed by atoms with Gasteiger partial charge in [-0.15, -0.1) is 0 Å². The van der Waals surface area contributed by atoms with Gasteiger partial charge in [0.1, 0.15) is 16.2 Å². The number of likely N-dealkylation sites (N-methyl/N-ethyl adjacent to an activating group) is 2. The summed E-state index contributed by atoms with van der Waals surface area (Å²) in [7, 11) is 11.7. The summed E-state index contributed by atoms with van der Waals surface area (Å²) in [5, 5.41) is 1.17. The van der Waals surface area contributed by atoms with E-state index in [9.17, 15) is 0 Å². The molecule has 44 heavy (non-hydrogen) atoms. The molecule has 3 heterocycles. The van der Waals surface area contributed by atoms with Gasteiger partial charge in [-0.25, -0.2) is 0 Å². The molecule has 0 spiro atoms. The van der Waals surface area contributed by atoms with Crippen LogP contribution < -0.4 is 40.7 Å². The minimum Gasteiger partial charge on any atom is -1.00 e. The third kappa shape index (κ3) is 7.87. The molecular weight excluding hydrogens is 638 g/mol. The SMILES string of the molecule is COc1ccc2c(c1)O\C(=C/C=C(/C=C/c1sc3cc(OC)ccc3[n+]1CCN(C)C)c1ccncc1)N2CCN(C)C.[Br-]. The first-order chi connectivity index (χ1) is 20.9. The lowest BCUT2D eigenvalue weighted by atomic mass is 10.1. The van der Waals surface area contributed by atoms with E-state index in [2.05, 4.69) is 94.9 Å². The molecule has 0 N–H and O–H groups in total. The molecule has 0 atom stereocenters. The van der Waals surface area contributed by atoms with Crippen LogP contribution in [0.15, 0.2) is 85.0 Å². The Hall–Kier alpha value is -3.70. The standard InChI is InChI=1S/C34H40N5O3S.BrH/c1-36(2)19-21-38-29-11-9-27(40-5)23-31(29)42-33(38)13-7-25(26-15-17-35-18-16-26)8-14-34-39(22-20-37(3)4)30-12-10-28(41-6)24-32(30)43-34;/h7-18,23-24H,19-22H2,1-6H3;1H/q+1;/p-1. The molecule has 4 aromatic rings. The molecule has 0 saturated carbocycles. The molecule has 8 nitrogen and oxygen atoms in total. The van der Waals surface area contributed by atoms with Gasteiger partial charge in [0.25, 0.3) is 5.01 Å². The molecule has 0 bridgehead atoms. The second kappa shape index (κ2) is 15.3. The third-order valence-corrected chi connectivity index (χ3v) is 8.36. The summed E-state index contributed by atoms with van der Waals surface area (Å²) in [6, 6.07) is 16.3. The number of halogens is 1. The average molecular weight is 679 g/mol. The first kappa shape index (κ1) is 33.2. The number of thiazole rings is 1. The lowest BCUT2D eigenvalue weighted by molar-refractivity contribution is -0.668. The van der Waals surface area contributed by atoms with Crippen molar-refractivity contribution >= 4 is 38.9 Å². The van der Waals surface area contributed by atoms with Crippen LogP contribution >= 0.6 is 11.3 Å². The second-order valence-electron chi connectivity index (χ2n) is 10.8. The molecule has 0 saturated heterocycles. The van der Waals surface area contributed by atoms with Gasteiger partial charge in [0.05, 0.1) is 26.5 Å². The lowest BCUT2D eigenvalue weighted by Gasteiger charge is -2.20. The van der Waals surface area contributed by atoms with Crippen molar-refractivity contribution in [3.63, 3.8) is 0 Å². The Balaban J connectivity index is 0.00000442. The third-order valence-electron chi connectivity index (χ3n) is 7.24. The summed E-state index contributed by atoms with van der Waals surface area (Å²) in [6.45, 7) is 3.50. The van der Waals surface area contributed by atoms with Crippen LogP contribution in [-0.2, 0) is 6.54 Å². The fourth-order valence-electron chi connectivity index (χ4n) is 4.85. The molecule has 1 aliphatic heterocycles. The van der Waals surface area contributed by atoms with E-state index in [1.807, 2.05) is 42.7 Å². The van der Waals surface area contributed by atoms with Crippen molar-refractivity contribution in [1.82, 2.24) is 14.8 Å². The van der Waals surface area contributed by atoms with Gasteiger partial charge in [0, 0.05) is 49.8 Å². The van der Waals surface area contributed by atoms with Gasteiger partial charge in [-0.1, -0.05) is 11.3 Å². The van der Waals surface area contributed by atoms with Crippen molar-refractivity contribution in [3.05, 3.63) is 95.6 Å². The number of ether oxygens (including phenoxy) is 3. The van der Waals surface area contributed by atoms with Crippen LogP contribution in [0.4, 0.5) is 5.69 Å². The zero-order valence-corrected chi connectivity index (χ0v) is 28.6. The molecule has 232 valence electrons. The highest BCUT2D eigenvalue weighted by molar-refractivity contribution is 7.18.